The van der Waals surface area contributed by atoms with Crippen LogP contribution in [0.15, 0.2) is 12.8 Å². The summed E-state index contributed by atoms with van der Waals surface area (Å²) in [6.07, 6.45) is 2.58. The van der Waals surface area contributed by atoms with Crippen LogP contribution in [0, 0.1) is 5.92 Å². The zero-order chi connectivity index (χ0) is 7.72. The molecule has 10 heavy (non-hydrogen) atoms. The highest BCUT2D eigenvalue weighted by molar-refractivity contribution is 5.81. The Hall–Kier alpha value is -0.790. The first-order chi connectivity index (χ1) is 4.66. The average molecular weight is 139 g/mol. The molecule has 0 aromatic carbocycles. The maximum atomic E-state index is 11.2. The van der Waals surface area contributed by atoms with Gasteiger partial charge in [-0.15, -0.1) is 0 Å². The minimum absolute atomic E-state index is 0.188. The lowest BCUT2D eigenvalue weighted by Crippen LogP contribution is -2.25. The van der Waals surface area contributed by atoms with Gasteiger partial charge in [0.1, 0.15) is 0 Å². The maximum Gasteiger partial charge on any atom is 0.229 e. The molecule has 1 aliphatic rings. The first-order valence-electron chi connectivity index (χ1n) is 3.61. The van der Waals surface area contributed by atoms with E-state index in [4.69, 9.17) is 0 Å². The average Bonchev–Trinajstić information content (AvgIpc) is 2.09. The normalized spacial score (nSPS) is 33.0. The van der Waals surface area contributed by atoms with E-state index in [1.54, 1.807) is 11.1 Å². The van der Waals surface area contributed by atoms with Gasteiger partial charge >= 0.3 is 0 Å². The van der Waals surface area contributed by atoms with Gasteiger partial charge in [-0.1, -0.05) is 13.5 Å². The fourth-order valence-corrected chi connectivity index (χ4v) is 1.47. The first-order valence-corrected chi connectivity index (χ1v) is 3.61. The SMILES string of the molecule is C=CN1C(=O)C(C)CC1C. The standard InChI is InChI=1S/C8H13NO/c1-4-9-7(3)5-6(2)8(9)10/h4,6-7H,1,5H2,2-3H3. The van der Waals surface area contributed by atoms with E-state index in [-0.39, 0.29) is 11.8 Å². The van der Waals surface area contributed by atoms with Crippen LogP contribution in [0.5, 0.6) is 0 Å². The van der Waals surface area contributed by atoms with Gasteiger partial charge in [0.05, 0.1) is 0 Å². The summed E-state index contributed by atoms with van der Waals surface area (Å²) >= 11 is 0. The van der Waals surface area contributed by atoms with Crippen LogP contribution in [-0.2, 0) is 4.79 Å². The van der Waals surface area contributed by atoms with Crippen molar-refractivity contribution in [2.24, 2.45) is 5.92 Å². The molecule has 0 aliphatic carbocycles. The Bertz CT molecular complexity index is 165. The Morgan fingerprint density at radius 1 is 1.70 bits per heavy atom. The van der Waals surface area contributed by atoms with Gasteiger partial charge in [-0.3, -0.25) is 4.79 Å². The summed E-state index contributed by atoms with van der Waals surface area (Å²) in [6.45, 7) is 7.59. The fourth-order valence-electron chi connectivity index (χ4n) is 1.47. The molecule has 2 heteroatoms. The molecule has 0 spiro atoms. The predicted octanol–water partition coefficient (Wildman–Crippen LogP) is 1.39. The van der Waals surface area contributed by atoms with Crippen LogP contribution in [0.1, 0.15) is 20.3 Å². The molecule has 2 unspecified atom stereocenters. The van der Waals surface area contributed by atoms with E-state index in [0.29, 0.717) is 6.04 Å². The van der Waals surface area contributed by atoms with Crippen molar-refractivity contribution in [3.05, 3.63) is 12.8 Å². The van der Waals surface area contributed by atoms with E-state index in [0.717, 1.165) is 6.42 Å². The van der Waals surface area contributed by atoms with Crippen molar-refractivity contribution >= 4 is 5.91 Å². The number of rotatable bonds is 1. The van der Waals surface area contributed by atoms with Crippen LogP contribution in [-0.4, -0.2) is 16.8 Å². The third kappa shape index (κ3) is 0.939. The third-order valence-electron chi connectivity index (χ3n) is 2.04. The van der Waals surface area contributed by atoms with Gasteiger partial charge in [-0.25, -0.2) is 0 Å². The molecule has 2 atom stereocenters. The van der Waals surface area contributed by atoms with E-state index in [1.165, 1.54) is 0 Å². The summed E-state index contributed by atoms with van der Waals surface area (Å²) < 4.78 is 0. The van der Waals surface area contributed by atoms with Crippen LogP contribution in [0.3, 0.4) is 0 Å². The van der Waals surface area contributed by atoms with Crippen molar-refractivity contribution in [3.8, 4) is 0 Å². The van der Waals surface area contributed by atoms with Crippen LogP contribution in [0.4, 0.5) is 0 Å². The van der Waals surface area contributed by atoms with Crippen molar-refractivity contribution < 1.29 is 4.79 Å². The second-order valence-electron chi connectivity index (χ2n) is 2.91. The predicted molar refractivity (Wildman–Crippen MR) is 40.3 cm³/mol. The summed E-state index contributed by atoms with van der Waals surface area (Å²) in [6, 6.07) is 0.347. The minimum Gasteiger partial charge on any atom is -0.317 e. The number of hydrogen-bond acceptors (Lipinski definition) is 1. The molecule has 0 bridgehead atoms. The van der Waals surface area contributed by atoms with Crippen molar-refractivity contribution in [2.75, 3.05) is 0 Å². The summed E-state index contributed by atoms with van der Waals surface area (Å²) in [5, 5.41) is 0. The molecular formula is C8H13NO. The van der Waals surface area contributed by atoms with Gasteiger partial charge in [0.25, 0.3) is 0 Å². The lowest BCUT2D eigenvalue weighted by Gasteiger charge is -2.14. The highest BCUT2D eigenvalue weighted by Gasteiger charge is 2.31. The summed E-state index contributed by atoms with van der Waals surface area (Å²) in [5.41, 5.74) is 0. The van der Waals surface area contributed by atoms with Gasteiger partial charge in [-0.2, -0.15) is 0 Å². The van der Waals surface area contributed by atoms with E-state index < -0.39 is 0 Å². The topological polar surface area (TPSA) is 20.3 Å². The Balaban J connectivity index is 2.73. The van der Waals surface area contributed by atoms with Crippen molar-refractivity contribution in [1.29, 1.82) is 0 Å². The number of hydrogen-bond donors (Lipinski definition) is 0. The quantitative estimate of drug-likeness (QED) is 0.537. The smallest absolute Gasteiger partial charge is 0.229 e. The van der Waals surface area contributed by atoms with Gasteiger partial charge in [0, 0.05) is 12.0 Å². The molecule has 0 saturated carbocycles. The van der Waals surface area contributed by atoms with E-state index >= 15 is 0 Å². The van der Waals surface area contributed by atoms with Gasteiger partial charge < -0.3 is 4.90 Å². The minimum atomic E-state index is 0.188. The fraction of sp³-hybridized carbons (Fsp3) is 0.625. The molecule has 1 amide bonds. The Morgan fingerprint density at radius 3 is 2.50 bits per heavy atom. The van der Waals surface area contributed by atoms with Crippen LogP contribution in [0.2, 0.25) is 0 Å². The molecule has 0 N–H and O–H groups in total. The number of nitrogens with zero attached hydrogens (tertiary/aromatic N) is 1. The molecular weight excluding hydrogens is 126 g/mol. The van der Waals surface area contributed by atoms with Crippen LogP contribution in [0.25, 0.3) is 0 Å². The second-order valence-corrected chi connectivity index (χ2v) is 2.91. The lowest BCUT2D eigenvalue weighted by atomic mass is 10.1. The number of amides is 1. The highest BCUT2D eigenvalue weighted by atomic mass is 16.2. The van der Waals surface area contributed by atoms with Crippen LogP contribution >= 0.6 is 0 Å². The number of carbonyl (C=O) groups is 1. The zero-order valence-corrected chi connectivity index (χ0v) is 6.50. The molecule has 1 fully saturated rings. The molecule has 56 valence electrons. The molecule has 2 nitrogen and oxygen atoms in total. The largest absolute Gasteiger partial charge is 0.317 e. The summed E-state index contributed by atoms with van der Waals surface area (Å²) in [5.74, 6) is 0.399. The van der Waals surface area contributed by atoms with Crippen molar-refractivity contribution in [1.82, 2.24) is 4.90 Å². The summed E-state index contributed by atoms with van der Waals surface area (Å²) in [7, 11) is 0. The monoisotopic (exact) mass is 139 g/mol. The molecule has 1 aliphatic heterocycles. The van der Waals surface area contributed by atoms with Crippen molar-refractivity contribution in [3.63, 3.8) is 0 Å². The Labute approximate surface area is 61.5 Å². The van der Waals surface area contributed by atoms with Gasteiger partial charge in [-0.05, 0) is 19.5 Å². The van der Waals surface area contributed by atoms with Gasteiger partial charge in [0.15, 0.2) is 0 Å². The molecule has 0 aromatic rings. The lowest BCUT2D eigenvalue weighted by molar-refractivity contribution is -0.128. The third-order valence-corrected chi connectivity index (χ3v) is 2.04. The molecule has 0 radical (unpaired) electrons. The zero-order valence-electron chi connectivity index (χ0n) is 6.50. The maximum absolute atomic E-state index is 11.2. The van der Waals surface area contributed by atoms with E-state index in [2.05, 4.69) is 6.58 Å². The van der Waals surface area contributed by atoms with Crippen molar-refractivity contribution in [2.45, 2.75) is 26.3 Å². The molecule has 1 rings (SSSR count). The Morgan fingerprint density at radius 2 is 2.30 bits per heavy atom. The molecule has 1 heterocycles. The number of carbonyl (C=O) groups excluding carboxylic acids is 1. The second kappa shape index (κ2) is 2.45. The highest BCUT2D eigenvalue weighted by Crippen LogP contribution is 2.23. The molecule has 1 saturated heterocycles. The van der Waals surface area contributed by atoms with Gasteiger partial charge in [0.2, 0.25) is 5.91 Å². The first kappa shape index (κ1) is 7.32. The Kier molecular flexibility index (Phi) is 1.79. The van der Waals surface area contributed by atoms with E-state index in [1.807, 2.05) is 13.8 Å². The molecule has 0 aromatic heterocycles. The van der Waals surface area contributed by atoms with Crippen LogP contribution < -0.4 is 0 Å². The number of likely N-dealkylation sites (tertiary alicyclic amines) is 1. The summed E-state index contributed by atoms with van der Waals surface area (Å²) in [4.78, 5) is 12.9. The van der Waals surface area contributed by atoms with E-state index in [9.17, 15) is 4.79 Å².